The van der Waals surface area contributed by atoms with E-state index in [0.29, 0.717) is 12.1 Å². The predicted octanol–water partition coefficient (Wildman–Crippen LogP) is 2.26. The van der Waals surface area contributed by atoms with E-state index in [4.69, 9.17) is 4.74 Å². The highest BCUT2D eigenvalue weighted by molar-refractivity contribution is 4.91. The molecular weight excluding hydrogens is 212 g/mol. The molecule has 0 spiro atoms. The number of hydrogen-bond acceptors (Lipinski definition) is 3. The molecule has 17 heavy (non-hydrogen) atoms. The SMILES string of the molecule is CCNC(CCC1CCCO1)C(C)(C)N(C)C. The topological polar surface area (TPSA) is 24.5 Å². The average molecular weight is 242 g/mol. The van der Waals surface area contributed by atoms with Crippen LogP contribution in [0.3, 0.4) is 0 Å². The third kappa shape index (κ3) is 4.23. The lowest BCUT2D eigenvalue weighted by atomic mass is 9.88. The van der Waals surface area contributed by atoms with Crippen molar-refractivity contribution in [2.75, 3.05) is 27.2 Å². The third-order valence-corrected chi connectivity index (χ3v) is 4.26. The van der Waals surface area contributed by atoms with Crippen molar-refractivity contribution in [2.24, 2.45) is 0 Å². The molecule has 0 aromatic carbocycles. The van der Waals surface area contributed by atoms with Gasteiger partial charge in [0.1, 0.15) is 0 Å². The maximum absolute atomic E-state index is 5.71. The Kier molecular flexibility index (Phi) is 5.90. The van der Waals surface area contributed by atoms with Gasteiger partial charge in [-0.15, -0.1) is 0 Å². The summed E-state index contributed by atoms with van der Waals surface area (Å²) in [5.74, 6) is 0. The molecule has 3 heteroatoms. The smallest absolute Gasteiger partial charge is 0.0576 e. The van der Waals surface area contributed by atoms with E-state index in [1.807, 2.05) is 0 Å². The summed E-state index contributed by atoms with van der Waals surface area (Å²) >= 11 is 0. The number of rotatable bonds is 7. The molecule has 0 bridgehead atoms. The van der Waals surface area contributed by atoms with Gasteiger partial charge in [0.15, 0.2) is 0 Å². The van der Waals surface area contributed by atoms with E-state index >= 15 is 0 Å². The fourth-order valence-corrected chi connectivity index (χ4v) is 2.49. The van der Waals surface area contributed by atoms with Crippen molar-refractivity contribution in [1.82, 2.24) is 10.2 Å². The minimum atomic E-state index is 0.189. The van der Waals surface area contributed by atoms with Crippen molar-refractivity contribution < 1.29 is 4.74 Å². The number of likely N-dealkylation sites (N-methyl/N-ethyl adjacent to an activating group) is 2. The molecule has 1 saturated heterocycles. The fourth-order valence-electron chi connectivity index (χ4n) is 2.49. The third-order valence-electron chi connectivity index (χ3n) is 4.26. The Labute approximate surface area is 107 Å². The molecule has 1 rings (SSSR count). The van der Waals surface area contributed by atoms with E-state index in [1.54, 1.807) is 0 Å². The van der Waals surface area contributed by atoms with Gasteiger partial charge in [0.2, 0.25) is 0 Å². The van der Waals surface area contributed by atoms with Gasteiger partial charge in [0.05, 0.1) is 6.10 Å². The maximum atomic E-state index is 5.71. The monoisotopic (exact) mass is 242 g/mol. The number of ether oxygens (including phenoxy) is 1. The molecule has 0 aromatic rings. The minimum Gasteiger partial charge on any atom is -0.378 e. The fraction of sp³-hybridized carbons (Fsp3) is 1.00. The molecule has 0 radical (unpaired) electrons. The Morgan fingerprint density at radius 1 is 1.41 bits per heavy atom. The van der Waals surface area contributed by atoms with Gasteiger partial charge in [0.25, 0.3) is 0 Å². The summed E-state index contributed by atoms with van der Waals surface area (Å²) in [6.07, 6.45) is 5.39. The van der Waals surface area contributed by atoms with Crippen LogP contribution >= 0.6 is 0 Å². The van der Waals surface area contributed by atoms with Gasteiger partial charge in [-0.1, -0.05) is 6.92 Å². The molecule has 0 amide bonds. The zero-order chi connectivity index (χ0) is 12.9. The first-order valence-electron chi connectivity index (χ1n) is 7.01. The second-order valence-corrected chi connectivity index (χ2v) is 5.87. The zero-order valence-electron chi connectivity index (χ0n) is 12.3. The first-order valence-corrected chi connectivity index (χ1v) is 7.01. The molecule has 0 saturated carbocycles. The average Bonchev–Trinajstić information content (AvgIpc) is 2.76. The summed E-state index contributed by atoms with van der Waals surface area (Å²) in [6, 6.07) is 0.534. The molecule has 102 valence electrons. The minimum absolute atomic E-state index is 0.189. The first kappa shape index (κ1) is 14.9. The quantitative estimate of drug-likeness (QED) is 0.741. The van der Waals surface area contributed by atoms with Crippen LogP contribution in [0.25, 0.3) is 0 Å². The summed E-state index contributed by atoms with van der Waals surface area (Å²) in [5, 5.41) is 3.63. The Hall–Kier alpha value is -0.120. The Bertz CT molecular complexity index is 210. The normalized spacial score (nSPS) is 23.3. The van der Waals surface area contributed by atoms with Crippen LogP contribution in [0.4, 0.5) is 0 Å². The van der Waals surface area contributed by atoms with Gasteiger partial charge >= 0.3 is 0 Å². The lowest BCUT2D eigenvalue weighted by Crippen LogP contribution is -2.55. The van der Waals surface area contributed by atoms with E-state index in [2.05, 4.69) is 45.1 Å². The lowest BCUT2D eigenvalue weighted by molar-refractivity contribution is 0.0829. The van der Waals surface area contributed by atoms with Gasteiger partial charge < -0.3 is 15.0 Å². The van der Waals surface area contributed by atoms with Crippen molar-refractivity contribution in [1.29, 1.82) is 0 Å². The van der Waals surface area contributed by atoms with Gasteiger partial charge in [-0.2, -0.15) is 0 Å². The molecule has 1 fully saturated rings. The molecule has 1 heterocycles. The van der Waals surface area contributed by atoms with Crippen LogP contribution in [0.15, 0.2) is 0 Å². The molecule has 1 aliphatic heterocycles. The highest BCUT2D eigenvalue weighted by Gasteiger charge is 2.31. The van der Waals surface area contributed by atoms with Crippen molar-refractivity contribution in [3.8, 4) is 0 Å². The largest absolute Gasteiger partial charge is 0.378 e. The summed E-state index contributed by atoms with van der Waals surface area (Å²) < 4.78 is 5.71. The number of nitrogens with zero attached hydrogens (tertiary/aromatic N) is 1. The molecule has 3 nitrogen and oxygen atoms in total. The van der Waals surface area contributed by atoms with Crippen molar-refractivity contribution in [3.63, 3.8) is 0 Å². The van der Waals surface area contributed by atoms with Crippen LogP contribution in [0, 0.1) is 0 Å². The van der Waals surface area contributed by atoms with Crippen LogP contribution in [-0.4, -0.2) is 49.8 Å². The molecule has 0 aromatic heterocycles. The standard InChI is InChI=1S/C14H30N2O/c1-6-15-13(14(2,3)16(4)5)10-9-12-8-7-11-17-12/h12-13,15H,6-11H2,1-5H3. The van der Waals surface area contributed by atoms with Crippen molar-refractivity contribution in [2.45, 2.75) is 64.1 Å². The molecule has 1 N–H and O–H groups in total. The van der Waals surface area contributed by atoms with Gasteiger partial charge in [-0.25, -0.2) is 0 Å². The van der Waals surface area contributed by atoms with Gasteiger partial charge in [-0.05, 0) is 60.2 Å². The van der Waals surface area contributed by atoms with E-state index < -0.39 is 0 Å². The highest BCUT2D eigenvalue weighted by Crippen LogP contribution is 2.23. The summed E-state index contributed by atoms with van der Waals surface area (Å²) in [4.78, 5) is 2.32. The second kappa shape index (κ2) is 6.72. The maximum Gasteiger partial charge on any atom is 0.0576 e. The highest BCUT2D eigenvalue weighted by atomic mass is 16.5. The van der Waals surface area contributed by atoms with Gasteiger partial charge in [0, 0.05) is 18.2 Å². The summed E-state index contributed by atoms with van der Waals surface area (Å²) in [6.45, 7) is 8.82. The molecule has 2 atom stereocenters. The number of hydrogen-bond donors (Lipinski definition) is 1. The van der Waals surface area contributed by atoms with E-state index in [0.717, 1.165) is 13.2 Å². The zero-order valence-corrected chi connectivity index (χ0v) is 12.3. The summed E-state index contributed by atoms with van der Waals surface area (Å²) in [7, 11) is 4.33. The molecule has 1 aliphatic rings. The van der Waals surface area contributed by atoms with E-state index in [9.17, 15) is 0 Å². The molecular formula is C14H30N2O. The molecule has 0 aliphatic carbocycles. The van der Waals surface area contributed by atoms with E-state index in [-0.39, 0.29) is 5.54 Å². The van der Waals surface area contributed by atoms with Crippen LogP contribution in [0.5, 0.6) is 0 Å². The first-order chi connectivity index (χ1) is 7.98. The Morgan fingerprint density at radius 2 is 2.12 bits per heavy atom. The van der Waals surface area contributed by atoms with E-state index in [1.165, 1.54) is 25.7 Å². The lowest BCUT2D eigenvalue weighted by Gasteiger charge is -2.41. The predicted molar refractivity (Wildman–Crippen MR) is 73.4 cm³/mol. The van der Waals surface area contributed by atoms with Crippen LogP contribution < -0.4 is 5.32 Å². The van der Waals surface area contributed by atoms with Gasteiger partial charge in [-0.3, -0.25) is 0 Å². The van der Waals surface area contributed by atoms with Crippen molar-refractivity contribution in [3.05, 3.63) is 0 Å². The Balaban J connectivity index is 2.46. The van der Waals surface area contributed by atoms with Crippen LogP contribution in [0.2, 0.25) is 0 Å². The number of nitrogens with one attached hydrogen (secondary N) is 1. The second-order valence-electron chi connectivity index (χ2n) is 5.87. The summed E-state index contributed by atoms with van der Waals surface area (Å²) in [5.41, 5.74) is 0.189. The molecule has 2 unspecified atom stereocenters. The Morgan fingerprint density at radius 3 is 2.59 bits per heavy atom. The van der Waals surface area contributed by atoms with Crippen LogP contribution in [-0.2, 0) is 4.74 Å². The van der Waals surface area contributed by atoms with Crippen LogP contribution in [0.1, 0.15) is 46.5 Å². The van der Waals surface area contributed by atoms with Crippen molar-refractivity contribution >= 4 is 0 Å².